The zero-order valence-electron chi connectivity index (χ0n) is 8.41. The van der Waals surface area contributed by atoms with Crippen molar-refractivity contribution in [3.05, 3.63) is 23.7 Å². The molecule has 1 aromatic rings. The largest absolute Gasteiger partial charge is 0.469 e. The molecule has 1 rings (SSSR count). The number of furan rings is 1. The summed E-state index contributed by atoms with van der Waals surface area (Å²) >= 11 is 0. The predicted octanol–water partition coefficient (Wildman–Crippen LogP) is 0.444. The van der Waals surface area contributed by atoms with Gasteiger partial charge >= 0.3 is 0 Å². The molecule has 0 aliphatic heterocycles. The topological polar surface area (TPSA) is 72.8 Å². The van der Waals surface area contributed by atoms with Gasteiger partial charge in [-0.1, -0.05) is 0 Å². The van der Waals surface area contributed by atoms with Crippen molar-refractivity contribution in [3.8, 4) is 0 Å². The Morgan fingerprint density at radius 2 is 2.50 bits per heavy atom. The van der Waals surface area contributed by atoms with E-state index in [1.807, 2.05) is 13.0 Å². The molecule has 1 heterocycles. The molecule has 0 unspecified atom stereocenters. The first kappa shape index (κ1) is 10.7. The average Bonchev–Trinajstić information content (AvgIpc) is 2.60. The van der Waals surface area contributed by atoms with Crippen LogP contribution < -0.4 is 11.3 Å². The molecule has 1 aromatic heterocycles. The van der Waals surface area contributed by atoms with E-state index in [1.165, 1.54) is 0 Å². The van der Waals surface area contributed by atoms with E-state index in [0.717, 1.165) is 11.3 Å². The Hall–Kier alpha value is -1.33. The van der Waals surface area contributed by atoms with Gasteiger partial charge in [-0.15, -0.1) is 0 Å². The third-order valence-corrected chi connectivity index (χ3v) is 1.82. The number of nitrogens with zero attached hydrogens (tertiary/aromatic N) is 1. The third kappa shape index (κ3) is 2.58. The van der Waals surface area contributed by atoms with Gasteiger partial charge in [-0.2, -0.15) is 0 Å². The molecule has 78 valence electrons. The van der Waals surface area contributed by atoms with Gasteiger partial charge in [0.1, 0.15) is 11.6 Å². The second kappa shape index (κ2) is 5.41. The summed E-state index contributed by atoms with van der Waals surface area (Å²) in [6.07, 6.45) is 1.61. The van der Waals surface area contributed by atoms with Gasteiger partial charge in [-0.3, -0.25) is 4.99 Å². The van der Waals surface area contributed by atoms with Crippen molar-refractivity contribution in [1.29, 1.82) is 0 Å². The van der Waals surface area contributed by atoms with E-state index in [0.29, 0.717) is 19.0 Å². The van der Waals surface area contributed by atoms with Crippen LogP contribution in [0.15, 0.2) is 21.7 Å². The number of nitrogens with one attached hydrogen (secondary N) is 1. The number of hydrogen-bond acceptors (Lipinski definition) is 4. The summed E-state index contributed by atoms with van der Waals surface area (Å²) in [5.41, 5.74) is 3.42. The summed E-state index contributed by atoms with van der Waals surface area (Å²) in [5.74, 6) is 6.76. The highest BCUT2D eigenvalue weighted by atomic mass is 16.5. The predicted molar refractivity (Wildman–Crippen MR) is 54.0 cm³/mol. The maximum absolute atomic E-state index is 5.35. The fourth-order valence-corrected chi connectivity index (χ4v) is 1.09. The molecule has 0 amide bonds. The van der Waals surface area contributed by atoms with Crippen LogP contribution in [0, 0.1) is 6.92 Å². The minimum absolute atomic E-state index is 0.570. The molecule has 0 fully saturated rings. The smallest absolute Gasteiger partial charge is 0.146 e. The molecule has 0 saturated heterocycles. The van der Waals surface area contributed by atoms with Gasteiger partial charge in [-0.25, -0.2) is 5.84 Å². The van der Waals surface area contributed by atoms with Gasteiger partial charge in [0.25, 0.3) is 0 Å². The van der Waals surface area contributed by atoms with Crippen molar-refractivity contribution in [2.45, 2.75) is 6.92 Å². The van der Waals surface area contributed by atoms with E-state index in [4.69, 9.17) is 15.0 Å². The fourth-order valence-electron chi connectivity index (χ4n) is 1.09. The van der Waals surface area contributed by atoms with Crippen molar-refractivity contribution in [1.82, 2.24) is 5.43 Å². The lowest BCUT2D eigenvalue weighted by Gasteiger charge is -2.03. The number of amidine groups is 1. The Morgan fingerprint density at radius 1 is 1.71 bits per heavy atom. The van der Waals surface area contributed by atoms with Gasteiger partial charge < -0.3 is 14.6 Å². The molecule has 0 radical (unpaired) electrons. The fraction of sp³-hybridized carbons (Fsp3) is 0.444. The molecule has 5 heteroatoms. The first-order chi connectivity index (χ1) is 6.79. The lowest BCUT2D eigenvalue weighted by molar-refractivity contribution is 0.208. The third-order valence-electron chi connectivity index (χ3n) is 1.82. The van der Waals surface area contributed by atoms with Gasteiger partial charge in [0.2, 0.25) is 0 Å². The van der Waals surface area contributed by atoms with E-state index in [1.54, 1.807) is 13.4 Å². The van der Waals surface area contributed by atoms with Crippen LogP contribution in [0.1, 0.15) is 11.3 Å². The number of aryl methyl sites for hydroxylation is 1. The van der Waals surface area contributed by atoms with Crippen LogP contribution in [0.25, 0.3) is 0 Å². The quantitative estimate of drug-likeness (QED) is 0.241. The standard InChI is InChI=1S/C9H15N3O2/c1-7-8(3-5-14-7)9(12-10)11-4-6-13-2/h3,5H,4,6,10H2,1-2H3,(H,11,12). The lowest BCUT2D eigenvalue weighted by atomic mass is 10.2. The van der Waals surface area contributed by atoms with Crippen molar-refractivity contribution >= 4 is 5.84 Å². The number of hydrogen-bond donors (Lipinski definition) is 2. The summed E-state index contributed by atoms with van der Waals surface area (Å²) < 4.78 is 10.0. The van der Waals surface area contributed by atoms with Crippen LogP contribution in [0.4, 0.5) is 0 Å². The number of hydrazine groups is 1. The Bertz CT molecular complexity index is 307. The van der Waals surface area contributed by atoms with Crippen LogP contribution in [0.2, 0.25) is 0 Å². The van der Waals surface area contributed by atoms with Crippen LogP contribution in [-0.4, -0.2) is 26.1 Å². The Morgan fingerprint density at radius 3 is 3.00 bits per heavy atom. The zero-order valence-corrected chi connectivity index (χ0v) is 8.41. The molecule has 0 saturated carbocycles. The number of rotatable bonds is 4. The first-order valence-corrected chi connectivity index (χ1v) is 4.34. The summed E-state index contributed by atoms with van der Waals surface area (Å²) in [6, 6.07) is 1.82. The SMILES string of the molecule is COCCN=C(NN)c1ccoc1C. The lowest BCUT2D eigenvalue weighted by Crippen LogP contribution is -2.31. The molecular weight excluding hydrogens is 182 g/mol. The van der Waals surface area contributed by atoms with E-state index < -0.39 is 0 Å². The molecule has 0 aliphatic carbocycles. The Labute approximate surface area is 82.9 Å². The first-order valence-electron chi connectivity index (χ1n) is 4.34. The van der Waals surface area contributed by atoms with Gasteiger partial charge in [0, 0.05) is 7.11 Å². The maximum Gasteiger partial charge on any atom is 0.146 e. The van der Waals surface area contributed by atoms with Gasteiger partial charge in [0.05, 0.1) is 25.0 Å². The van der Waals surface area contributed by atoms with Crippen LogP contribution in [0.5, 0.6) is 0 Å². The Balaban J connectivity index is 2.71. The Kier molecular flexibility index (Phi) is 4.15. The zero-order chi connectivity index (χ0) is 10.4. The number of aliphatic imine (C=N–C) groups is 1. The molecule has 5 nitrogen and oxygen atoms in total. The van der Waals surface area contributed by atoms with E-state index in [-0.39, 0.29) is 0 Å². The van der Waals surface area contributed by atoms with Gasteiger partial charge in [0.15, 0.2) is 0 Å². The minimum atomic E-state index is 0.570. The second-order valence-corrected chi connectivity index (χ2v) is 2.76. The monoisotopic (exact) mass is 197 g/mol. The summed E-state index contributed by atoms with van der Waals surface area (Å²) in [6.45, 7) is 3.00. The normalized spacial score (nSPS) is 11.8. The highest BCUT2D eigenvalue weighted by molar-refractivity contribution is 5.99. The summed E-state index contributed by atoms with van der Waals surface area (Å²) in [5, 5.41) is 0. The molecule has 0 aromatic carbocycles. The van der Waals surface area contributed by atoms with Crippen LogP contribution in [-0.2, 0) is 4.74 Å². The summed E-state index contributed by atoms with van der Waals surface area (Å²) in [7, 11) is 1.63. The van der Waals surface area contributed by atoms with Crippen molar-refractivity contribution in [3.63, 3.8) is 0 Å². The molecule has 14 heavy (non-hydrogen) atoms. The van der Waals surface area contributed by atoms with E-state index in [2.05, 4.69) is 10.4 Å². The van der Waals surface area contributed by atoms with Crippen molar-refractivity contribution in [2.24, 2.45) is 10.8 Å². The number of nitrogens with two attached hydrogens (primary N) is 1. The van der Waals surface area contributed by atoms with E-state index >= 15 is 0 Å². The highest BCUT2D eigenvalue weighted by Gasteiger charge is 2.06. The highest BCUT2D eigenvalue weighted by Crippen LogP contribution is 2.08. The van der Waals surface area contributed by atoms with Crippen LogP contribution in [0.3, 0.4) is 0 Å². The van der Waals surface area contributed by atoms with Gasteiger partial charge in [-0.05, 0) is 13.0 Å². The molecule has 0 spiro atoms. The van der Waals surface area contributed by atoms with E-state index in [9.17, 15) is 0 Å². The summed E-state index contributed by atoms with van der Waals surface area (Å²) in [4.78, 5) is 4.23. The molecule has 0 atom stereocenters. The van der Waals surface area contributed by atoms with Crippen LogP contribution >= 0.6 is 0 Å². The van der Waals surface area contributed by atoms with Crippen molar-refractivity contribution < 1.29 is 9.15 Å². The minimum Gasteiger partial charge on any atom is -0.469 e. The number of ether oxygens (including phenoxy) is 1. The second-order valence-electron chi connectivity index (χ2n) is 2.76. The number of methoxy groups -OCH3 is 1. The average molecular weight is 197 g/mol. The molecule has 3 N–H and O–H groups in total. The van der Waals surface area contributed by atoms with Crippen molar-refractivity contribution in [2.75, 3.05) is 20.3 Å². The molecule has 0 bridgehead atoms. The maximum atomic E-state index is 5.35. The molecule has 0 aliphatic rings. The molecular formula is C9H15N3O2.